The monoisotopic (exact) mass is 374 g/mol. The first kappa shape index (κ1) is 19.9. The minimum Gasteiger partial charge on any atom is -0.203 e. The molecule has 0 heterocycles. The van der Waals surface area contributed by atoms with Crippen LogP contribution in [0.4, 0.5) is 22.0 Å². The van der Waals surface area contributed by atoms with E-state index >= 15 is 0 Å². The summed E-state index contributed by atoms with van der Waals surface area (Å²) in [6, 6.07) is 0. The maximum absolute atomic E-state index is 14.3. The molecule has 0 saturated carbocycles. The van der Waals surface area contributed by atoms with E-state index in [1.54, 1.807) is 0 Å². The fourth-order valence-corrected chi connectivity index (χ4v) is 7.54. The Morgan fingerprint density at radius 1 is 0.640 bits per heavy atom. The smallest absolute Gasteiger partial charge is 0.200 e. The number of rotatable bonds is 3. The lowest BCUT2D eigenvalue weighted by atomic mass is 9.87. The van der Waals surface area contributed by atoms with Crippen LogP contribution in [0.1, 0.15) is 33.3 Å². The van der Waals surface area contributed by atoms with Crippen LogP contribution in [0.2, 0.25) is 24.7 Å². The van der Waals surface area contributed by atoms with Crippen molar-refractivity contribution >= 4 is 8.07 Å². The van der Waals surface area contributed by atoms with Crippen LogP contribution in [0, 0.1) is 29.1 Å². The highest BCUT2D eigenvalue weighted by Crippen LogP contribution is 2.60. The van der Waals surface area contributed by atoms with Crippen LogP contribution in [-0.4, -0.2) is 8.07 Å². The molecule has 0 bridgehead atoms. The normalized spacial score (nSPS) is 17.8. The molecule has 6 heteroatoms. The zero-order valence-electron chi connectivity index (χ0n) is 15.6. The van der Waals surface area contributed by atoms with E-state index < -0.39 is 47.8 Å². The Hall–Kier alpha value is -1.43. The van der Waals surface area contributed by atoms with Crippen molar-refractivity contribution in [2.45, 2.75) is 58.8 Å². The van der Waals surface area contributed by atoms with Crippen molar-refractivity contribution in [3.63, 3.8) is 0 Å². The van der Waals surface area contributed by atoms with Gasteiger partial charge >= 0.3 is 0 Å². The molecule has 0 nitrogen and oxygen atoms in total. The summed E-state index contributed by atoms with van der Waals surface area (Å²) in [5.74, 6) is -9.32. The number of halogens is 5. The van der Waals surface area contributed by atoms with Crippen molar-refractivity contribution in [1.29, 1.82) is 0 Å². The van der Waals surface area contributed by atoms with Gasteiger partial charge in [-0.15, -0.1) is 0 Å². The largest absolute Gasteiger partial charge is 0.203 e. The second kappa shape index (κ2) is 6.08. The van der Waals surface area contributed by atoms with Crippen molar-refractivity contribution in [3.8, 4) is 0 Å². The van der Waals surface area contributed by atoms with Gasteiger partial charge in [0.15, 0.2) is 23.3 Å². The maximum atomic E-state index is 14.3. The third-order valence-corrected chi connectivity index (χ3v) is 9.48. The molecule has 138 valence electrons. The molecule has 0 aliphatic heterocycles. The zero-order valence-corrected chi connectivity index (χ0v) is 16.6. The summed E-state index contributed by atoms with van der Waals surface area (Å²) in [7, 11) is -2.15. The molecule has 0 unspecified atom stereocenters. The van der Waals surface area contributed by atoms with E-state index in [2.05, 4.69) is 19.6 Å². The average molecular weight is 374 g/mol. The standard InChI is InChI=1S/C19H23F5Si/c1-9-10(2)12(4)19(11(9)3,25(5,6)7)8-13-14(20)16(22)18(24)17(23)15(13)21/h8H2,1-7H3. The number of benzene rings is 1. The zero-order chi connectivity index (χ0) is 19.5. The van der Waals surface area contributed by atoms with Gasteiger partial charge in [-0.1, -0.05) is 30.8 Å². The van der Waals surface area contributed by atoms with Gasteiger partial charge in [-0.2, -0.15) is 0 Å². The molecule has 0 atom stereocenters. The van der Waals surface area contributed by atoms with Crippen molar-refractivity contribution in [1.82, 2.24) is 0 Å². The third-order valence-electron chi connectivity index (χ3n) is 5.99. The topological polar surface area (TPSA) is 0 Å². The summed E-state index contributed by atoms with van der Waals surface area (Å²) in [5, 5.41) is -0.681. The summed E-state index contributed by atoms with van der Waals surface area (Å²) in [5.41, 5.74) is 3.27. The van der Waals surface area contributed by atoms with Crippen LogP contribution in [0.25, 0.3) is 0 Å². The molecule has 0 N–H and O–H groups in total. The van der Waals surface area contributed by atoms with Gasteiger partial charge in [-0.05, 0) is 45.3 Å². The lowest BCUT2D eigenvalue weighted by Gasteiger charge is -2.44. The van der Waals surface area contributed by atoms with Gasteiger partial charge in [0.1, 0.15) is 0 Å². The van der Waals surface area contributed by atoms with Crippen molar-refractivity contribution in [2.24, 2.45) is 0 Å². The van der Waals surface area contributed by atoms with E-state index in [0.717, 1.165) is 22.3 Å². The molecule has 0 spiro atoms. The summed E-state index contributed by atoms with van der Waals surface area (Å²) in [4.78, 5) is 0. The summed E-state index contributed by atoms with van der Waals surface area (Å²) in [6.45, 7) is 13.8. The Kier molecular flexibility index (Phi) is 4.83. The molecule has 0 fully saturated rings. The number of allylic oxidation sites excluding steroid dienone is 4. The summed E-state index contributed by atoms with van der Waals surface area (Å²) < 4.78 is 69.4. The Morgan fingerprint density at radius 3 is 1.28 bits per heavy atom. The highest BCUT2D eigenvalue weighted by atomic mass is 28.3. The van der Waals surface area contributed by atoms with Crippen LogP contribution in [-0.2, 0) is 6.42 Å². The first-order valence-corrected chi connectivity index (χ1v) is 11.7. The predicted molar refractivity (Wildman–Crippen MR) is 92.7 cm³/mol. The van der Waals surface area contributed by atoms with Crippen LogP contribution < -0.4 is 0 Å². The van der Waals surface area contributed by atoms with E-state index in [4.69, 9.17) is 0 Å². The molecular formula is C19H23F5Si. The van der Waals surface area contributed by atoms with Gasteiger partial charge in [0, 0.05) is 10.6 Å². The number of hydrogen-bond donors (Lipinski definition) is 0. The van der Waals surface area contributed by atoms with Crippen molar-refractivity contribution < 1.29 is 22.0 Å². The SMILES string of the molecule is CC1=C(C)C(Cc2c(F)c(F)c(F)c(F)c2F)([Si](C)(C)C)C(C)=C1C. The van der Waals surface area contributed by atoms with Crippen LogP contribution >= 0.6 is 0 Å². The molecule has 1 aliphatic carbocycles. The first-order chi connectivity index (χ1) is 11.3. The molecule has 1 aromatic rings. The molecule has 0 amide bonds. The maximum Gasteiger partial charge on any atom is 0.200 e. The van der Waals surface area contributed by atoms with Crippen LogP contribution in [0.3, 0.4) is 0 Å². The Balaban J connectivity index is 2.81. The van der Waals surface area contributed by atoms with Gasteiger partial charge in [-0.25, -0.2) is 22.0 Å². The van der Waals surface area contributed by atoms with E-state index in [-0.39, 0.29) is 6.42 Å². The number of hydrogen-bond acceptors (Lipinski definition) is 0. The minimum atomic E-state index is -2.15. The summed E-state index contributed by atoms with van der Waals surface area (Å²) in [6.07, 6.45) is -0.221. The van der Waals surface area contributed by atoms with Crippen molar-refractivity contribution in [2.75, 3.05) is 0 Å². The average Bonchev–Trinajstić information content (AvgIpc) is 2.70. The molecular weight excluding hydrogens is 351 g/mol. The Labute approximate surface area is 146 Å². The molecule has 0 aromatic heterocycles. The lowest BCUT2D eigenvalue weighted by molar-refractivity contribution is 0.367. The highest BCUT2D eigenvalue weighted by Gasteiger charge is 2.51. The molecule has 0 radical (unpaired) electrons. The first-order valence-electron chi connectivity index (χ1n) is 8.15. The Bertz CT molecular complexity index is 759. The van der Waals surface area contributed by atoms with Crippen LogP contribution in [0.5, 0.6) is 0 Å². The lowest BCUT2D eigenvalue weighted by Crippen LogP contribution is -2.42. The van der Waals surface area contributed by atoms with E-state index in [1.807, 2.05) is 27.7 Å². The molecule has 2 rings (SSSR count). The van der Waals surface area contributed by atoms with Crippen molar-refractivity contribution in [3.05, 3.63) is 56.9 Å². The van der Waals surface area contributed by atoms with Gasteiger partial charge in [0.2, 0.25) is 5.82 Å². The molecule has 0 saturated heterocycles. The second-order valence-electron chi connectivity index (χ2n) is 7.88. The fourth-order valence-electron chi connectivity index (χ4n) is 4.21. The molecule has 1 aromatic carbocycles. The van der Waals surface area contributed by atoms with Crippen LogP contribution in [0.15, 0.2) is 22.3 Å². The minimum absolute atomic E-state index is 0.221. The molecule has 25 heavy (non-hydrogen) atoms. The Morgan fingerprint density at radius 2 is 0.960 bits per heavy atom. The quantitative estimate of drug-likeness (QED) is 0.239. The fraction of sp³-hybridized carbons (Fsp3) is 0.474. The van der Waals surface area contributed by atoms with Gasteiger partial charge in [0.05, 0.1) is 8.07 Å². The van der Waals surface area contributed by atoms with Gasteiger partial charge in [-0.3, -0.25) is 0 Å². The van der Waals surface area contributed by atoms with E-state index in [0.29, 0.717) is 0 Å². The van der Waals surface area contributed by atoms with Gasteiger partial charge < -0.3 is 0 Å². The molecule has 1 aliphatic rings. The van der Waals surface area contributed by atoms with E-state index in [9.17, 15) is 22.0 Å². The highest BCUT2D eigenvalue weighted by molar-refractivity contribution is 6.80. The van der Waals surface area contributed by atoms with E-state index in [1.165, 1.54) is 0 Å². The third kappa shape index (κ3) is 2.60. The predicted octanol–water partition coefficient (Wildman–Crippen LogP) is 6.69. The summed E-state index contributed by atoms with van der Waals surface area (Å²) >= 11 is 0. The second-order valence-corrected chi connectivity index (χ2v) is 13.2. The van der Waals surface area contributed by atoms with Gasteiger partial charge in [0.25, 0.3) is 0 Å².